The van der Waals surface area contributed by atoms with E-state index in [0.29, 0.717) is 10.0 Å². The molecule has 30 heavy (non-hydrogen) atoms. The van der Waals surface area contributed by atoms with Crippen molar-refractivity contribution in [1.29, 1.82) is 0 Å². The summed E-state index contributed by atoms with van der Waals surface area (Å²) in [6.07, 6.45) is 0. The zero-order chi connectivity index (χ0) is 21.1. The zero-order valence-electron chi connectivity index (χ0n) is 16.4. The highest BCUT2D eigenvalue weighted by atomic mass is 35.5. The maximum atomic E-state index is 9.26. The summed E-state index contributed by atoms with van der Waals surface area (Å²) in [6.45, 7) is 3.56. The lowest BCUT2D eigenvalue weighted by Crippen LogP contribution is -2.48. The number of benzene rings is 3. The van der Waals surface area contributed by atoms with Crippen molar-refractivity contribution in [2.45, 2.75) is 19.2 Å². The minimum atomic E-state index is 0.0689. The van der Waals surface area contributed by atoms with Crippen molar-refractivity contribution in [2.75, 3.05) is 24.5 Å². The number of hydrogen-bond donors (Lipinski definition) is 1. The Labute approximate surface area is 192 Å². The van der Waals surface area contributed by atoms with Crippen molar-refractivity contribution in [2.24, 2.45) is 0 Å². The third kappa shape index (κ3) is 4.93. The van der Waals surface area contributed by atoms with E-state index in [9.17, 15) is 5.11 Å². The first-order valence-electron chi connectivity index (χ1n) is 9.91. The highest BCUT2D eigenvalue weighted by Crippen LogP contribution is 2.37. The van der Waals surface area contributed by atoms with Crippen LogP contribution in [0, 0.1) is 0 Å². The summed E-state index contributed by atoms with van der Waals surface area (Å²) in [6, 6.07) is 22.0. The monoisotopic (exact) mass is 460 g/mol. The molecule has 4 rings (SSSR count). The number of hydrogen-bond acceptors (Lipinski definition) is 3. The van der Waals surface area contributed by atoms with Crippen LogP contribution in [-0.4, -0.2) is 29.6 Å². The van der Waals surface area contributed by atoms with E-state index in [0.717, 1.165) is 42.5 Å². The second-order valence-electron chi connectivity index (χ2n) is 7.57. The molecule has 1 N–H and O–H groups in total. The summed E-state index contributed by atoms with van der Waals surface area (Å²) in [5.74, 6) is 0. The quantitative estimate of drug-likeness (QED) is 0.490. The second kappa shape index (κ2) is 9.59. The number of piperazine rings is 1. The van der Waals surface area contributed by atoms with Crippen LogP contribution in [0.2, 0.25) is 15.1 Å². The topological polar surface area (TPSA) is 26.7 Å². The number of nitrogens with zero attached hydrogens (tertiary/aromatic N) is 2. The first kappa shape index (κ1) is 21.5. The van der Waals surface area contributed by atoms with Gasteiger partial charge in [-0.15, -0.1) is 0 Å². The van der Waals surface area contributed by atoms with E-state index in [2.05, 4.69) is 34.1 Å². The fourth-order valence-electron chi connectivity index (χ4n) is 3.96. The molecule has 1 aliphatic rings. The van der Waals surface area contributed by atoms with Gasteiger partial charge < -0.3 is 10.0 Å². The fourth-order valence-corrected chi connectivity index (χ4v) is 4.61. The molecule has 1 fully saturated rings. The molecule has 1 heterocycles. The Morgan fingerprint density at radius 3 is 2.13 bits per heavy atom. The highest BCUT2D eigenvalue weighted by Gasteiger charge is 2.29. The molecular formula is C24H23Cl3N2O. The van der Waals surface area contributed by atoms with Crippen LogP contribution in [0.3, 0.4) is 0 Å². The largest absolute Gasteiger partial charge is 0.392 e. The van der Waals surface area contributed by atoms with E-state index >= 15 is 0 Å². The molecule has 1 unspecified atom stereocenters. The fraction of sp³-hybridized carbons (Fsp3) is 0.250. The van der Waals surface area contributed by atoms with Crippen LogP contribution in [0.1, 0.15) is 22.7 Å². The van der Waals surface area contributed by atoms with Gasteiger partial charge in [-0.1, -0.05) is 71.2 Å². The molecule has 3 aromatic carbocycles. The number of rotatable bonds is 5. The van der Waals surface area contributed by atoms with Gasteiger partial charge in [0.05, 0.1) is 23.4 Å². The number of aliphatic hydroxyl groups excluding tert-OH is 1. The van der Waals surface area contributed by atoms with Crippen molar-refractivity contribution in [3.05, 3.63) is 98.5 Å². The van der Waals surface area contributed by atoms with Crippen molar-refractivity contribution < 1.29 is 5.11 Å². The lowest BCUT2D eigenvalue weighted by molar-refractivity contribution is 0.215. The van der Waals surface area contributed by atoms with E-state index in [1.807, 2.05) is 36.4 Å². The van der Waals surface area contributed by atoms with Crippen molar-refractivity contribution >= 4 is 40.5 Å². The number of aliphatic hydroxyl groups is 1. The van der Waals surface area contributed by atoms with Crippen LogP contribution in [0.15, 0.2) is 66.7 Å². The standard InChI is InChI=1S/C24H23Cl3N2O/c25-20-7-5-19(6-8-20)24-15-28(14-17-1-3-18(16-30)4-2-17)11-12-29(24)23-10-9-21(26)13-22(23)27/h1-10,13,24,30H,11-12,14-16H2. The van der Waals surface area contributed by atoms with Gasteiger partial charge in [0, 0.05) is 36.2 Å². The van der Waals surface area contributed by atoms with Gasteiger partial charge in [0.1, 0.15) is 0 Å². The summed E-state index contributed by atoms with van der Waals surface area (Å²) in [4.78, 5) is 4.81. The van der Waals surface area contributed by atoms with Crippen LogP contribution in [0.25, 0.3) is 0 Å². The molecule has 0 aromatic heterocycles. The predicted octanol–water partition coefficient (Wildman–Crippen LogP) is 6.20. The minimum absolute atomic E-state index is 0.0689. The molecule has 6 heteroatoms. The molecule has 0 spiro atoms. The molecule has 3 aromatic rings. The Kier molecular flexibility index (Phi) is 6.87. The van der Waals surface area contributed by atoms with Gasteiger partial charge in [-0.3, -0.25) is 4.90 Å². The lowest BCUT2D eigenvalue weighted by Gasteiger charge is -2.43. The molecule has 0 amide bonds. The minimum Gasteiger partial charge on any atom is -0.392 e. The first-order chi connectivity index (χ1) is 14.5. The van der Waals surface area contributed by atoms with Crippen LogP contribution in [-0.2, 0) is 13.2 Å². The van der Waals surface area contributed by atoms with E-state index in [-0.39, 0.29) is 12.6 Å². The van der Waals surface area contributed by atoms with Gasteiger partial charge in [0.2, 0.25) is 0 Å². The van der Waals surface area contributed by atoms with Crippen LogP contribution in [0.5, 0.6) is 0 Å². The Morgan fingerprint density at radius 1 is 0.800 bits per heavy atom. The molecule has 1 atom stereocenters. The molecule has 0 aliphatic carbocycles. The van der Waals surface area contributed by atoms with Crippen molar-refractivity contribution in [3.63, 3.8) is 0 Å². The zero-order valence-corrected chi connectivity index (χ0v) is 18.7. The Hall–Kier alpha value is -1.75. The molecule has 1 aliphatic heterocycles. The molecule has 0 saturated carbocycles. The molecule has 156 valence electrons. The van der Waals surface area contributed by atoms with Gasteiger partial charge in [-0.05, 0) is 47.0 Å². The number of halogens is 3. The molecule has 0 bridgehead atoms. The van der Waals surface area contributed by atoms with Gasteiger partial charge in [-0.2, -0.15) is 0 Å². The SMILES string of the molecule is OCc1ccc(CN2CCN(c3ccc(Cl)cc3Cl)C(c3ccc(Cl)cc3)C2)cc1. The smallest absolute Gasteiger partial charge is 0.0681 e. The van der Waals surface area contributed by atoms with Crippen LogP contribution >= 0.6 is 34.8 Å². The first-order valence-corrected chi connectivity index (χ1v) is 11.0. The van der Waals surface area contributed by atoms with Gasteiger partial charge >= 0.3 is 0 Å². The van der Waals surface area contributed by atoms with Crippen LogP contribution in [0.4, 0.5) is 5.69 Å². The van der Waals surface area contributed by atoms with E-state index in [1.54, 1.807) is 6.07 Å². The Balaban J connectivity index is 1.59. The molecular weight excluding hydrogens is 439 g/mol. The number of anilines is 1. The normalized spacial score (nSPS) is 17.3. The molecule has 0 radical (unpaired) electrons. The second-order valence-corrected chi connectivity index (χ2v) is 8.85. The lowest BCUT2D eigenvalue weighted by atomic mass is 10.0. The van der Waals surface area contributed by atoms with Gasteiger partial charge in [0.15, 0.2) is 0 Å². The summed E-state index contributed by atoms with van der Waals surface area (Å²) in [7, 11) is 0. The summed E-state index contributed by atoms with van der Waals surface area (Å²) >= 11 is 18.8. The van der Waals surface area contributed by atoms with Crippen LogP contribution < -0.4 is 4.90 Å². The third-order valence-corrected chi connectivity index (χ3v) is 6.34. The maximum absolute atomic E-state index is 9.26. The summed E-state index contributed by atoms with van der Waals surface area (Å²) in [5.41, 5.74) is 4.36. The van der Waals surface area contributed by atoms with Crippen molar-refractivity contribution in [1.82, 2.24) is 4.90 Å². The van der Waals surface area contributed by atoms with E-state index in [1.165, 1.54) is 11.1 Å². The molecule has 1 saturated heterocycles. The Morgan fingerprint density at radius 2 is 1.47 bits per heavy atom. The van der Waals surface area contributed by atoms with Gasteiger partial charge in [-0.25, -0.2) is 0 Å². The third-order valence-electron chi connectivity index (χ3n) is 5.55. The van der Waals surface area contributed by atoms with E-state index < -0.39 is 0 Å². The van der Waals surface area contributed by atoms with E-state index in [4.69, 9.17) is 34.8 Å². The molecule has 3 nitrogen and oxygen atoms in total. The summed E-state index contributed by atoms with van der Waals surface area (Å²) in [5, 5.41) is 11.3. The van der Waals surface area contributed by atoms with Crippen molar-refractivity contribution in [3.8, 4) is 0 Å². The predicted molar refractivity (Wildman–Crippen MR) is 126 cm³/mol. The van der Waals surface area contributed by atoms with Gasteiger partial charge in [0.25, 0.3) is 0 Å². The Bertz CT molecular complexity index is 992. The summed E-state index contributed by atoms with van der Waals surface area (Å²) < 4.78 is 0. The average molecular weight is 462 g/mol. The highest BCUT2D eigenvalue weighted by molar-refractivity contribution is 6.36. The average Bonchev–Trinajstić information content (AvgIpc) is 2.75. The maximum Gasteiger partial charge on any atom is 0.0681 e.